The molecule has 0 saturated heterocycles. The number of esters is 1. The summed E-state index contributed by atoms with van der Waals surface area (Å²) in [6.07, 6.45) is 3.00. The highest BCUT2D eigenvalue weighted by Crippen LogP contribution is 2.29. The highest BCUT2D eigenvalue weighted by molar-refractivity contribution is 5.92. The number of carbonyl (C=O) groups excluding carboxylic acids is 2. The third-order valence-electron chi connectivity index (χ3n) is 5.26. The molecule has 0 aliphatic heterocycles. The van der Waals surface area contributed by atoms with Crippen molar-refractivity contribution in [3.63, 3.8) is 0 Å². The first-order valence-corrected chi connectivity index (χ1v) is 9.61. The van der Waals surface area contributed by atoms with Crippen LogP contribution in [0.25, 0.3) is 0 Å². The Balaban J connectivity index is 1.60. The lowest BCUT2D eigenvalue weighted by Gasteiger charge is -2.26. The van der Waals surface area contributed by atoms with Crippen LogP contribution in [-0.4, -0.2) is 23.1 Å². The Morgan fingerprint density at radius 1 is 1.26 bits per heavy atom. The number of ether oxygens (including phenoxy) is 1. The topological polar surface area (TPSA) is 60.3 Å². The van der Waals surface area contributed by atoms with Gasteiger partial charge in [0.2, 0.25) is 0 Å². The normalized spacial score (nSPS) is 16.1. The van der Waals surface area contributed by atoms with Gasteiger partial charge in [-0.15, -0.1) is 0 Å². The summed E-state index contributed by atoms with van der Waals surface area (Å²) in [6, 6.07) is 10.3. The number of amides is 1. The highest BCUT2D eigenvalue weighted by atomic mass is 16.5. The minimum Gasteiger partial charge on any atom is -0.452 e. The number of rotatable bonds is 5. The van der Waals surface area contributed by atoms with E-state index < -0.39 is 5.97 Å². The number of hydrogen-bond donors (Lipinski definition) is 1. The first-order valence-electron chi connectivity index (χ1n) is 9.61. The Bertz CT molecular complexity index is 851. The first-order chi connectivity index (χ1) is 12.9. The molecule has 1 N–H and O–H groups in total. The molecule has 0 bridgehead atoms. The van der Waals surface area contributed by atoms with Crippen LogP contribution < -0.4 is 5.32 Å². The van der Waals surface area contributed by atoms with Gasteiger partial charge in [0, 0.05) is 17.4 Å². The Kier molecular flexibility index (Phi) is 5.68. The Morgan fingerprint density at radius 3 is 2.70 bits per heavy atom. The van der Waals surface area contributed by atoms with E-state index in [2.05, 4.69) is 35.9 Å². The minimum atomic E-state index is -0.450. The summed E-state index contributed by atoms with van der Waals surface area (Å²) < 4.78 is 7.38. The highest BCUT2D eigenvalue weighted by Gasteiger charge is 2.23. The largest absolute Gasteiger partial charge is 0.452 e. The van der Waals surface area contributed by atoms with E-state index in [9.17, 15) is 9.59 Å². The fourth-order valence-electron chi connectivity index (χ4n) is 4.13. The molecule has 0 spiro atoms. The molecule has 27 heavy (non-hydrogen) atoms. The second-order valence-electron chi connectivity index (χ2n) is 7.54. The fourth-order valence-corrected chi connectivity index (χ4v) is 4.13. The molecule has 5 nitrogen and oxygen atoms in total. The number of aromatic nitrogens is 1. The van der Waals surface area contributed by atoms with E-state index in [0.29, 0.717) is 5.56 Å². The molecule has 0 fully saturated rings. The molecular formula is C22H28N2O3. The maximum atomic E-state index is 12.4. The van der Waals surface area contributed by atoms with Gasteiger partial charge in [-0.25, -0.2) is 4.79 Å². The van der Waals surface area contributed by atoms with Gasteiger partial charge < -0.3 is 14.6 Å². The lowest BCUT2D eigenvalue weighted by Crippen LogP contribution is -2.34. The van der Waals surface area contributed by atoms with E-state index >= 15 is 0 Å². The standard InChI is InChI=1S/C22H28N2O3/c1-14(2)24-15(3)12-19(16(24)4)22(26)27-13-21(25)23-20-11-7-9-17-8-5-6-10-18(17)20/h5-6,8,10,12,14,20H,7,9,11,13H2,1-4H3,(H,23,25)/t20-/m1/s1. The maximum Gasteiger partial charge on any atom is 0.340 e. The summed E-state index contributed by atoms with van der Waals surface area (Å²) in [5.41, 5.74) is 4.86. The van der Waals surface area contributed by atoms with Crippen LogP contribution in [0.1, 0.15) is 71.6 Å². The quantitative estimate of drug-likeness (QED) is 0.811. The van der Waals surface area contributed by atoms with Crippen LogP contribution >= 0.6 is 0 Å². The second-order valence-corrected chi connectivity index (χ2v) is 7.54. The van der Waals surface area contributed by atoms with E-state index in [1.54, 1.807) is 0 Å². The molecule has 1 atom stereocenters. The fraction of sp³-hybridized carbons (Fsp3) is 0.455. The van der Waals surface area contributed by atoms with Gasteiger partial charge in [0.15, 0.2) is 6.61 Å². The number of hydrogen-bond acceptors (Lipinski definition) is 3. The predicted octanol–water partition coefficient (Wildman–Crippen LogP) is 4.04. The van der Waals surface area contributed by atoms with E-state index in [1.165, 1.54) is 11.1 Å². The van der Waals surface area contributed by atoms with Crippen molar-refractivity contribution in [2.75, 3.05) is 6.61 Å². The molecular weight excluding hydrogens is 340 g/mol. The molecule has 0 radical (unpaired) electrons. The zero-order valence-corrected chi connectivity index (χ0v) is 16.5. The lowest BCUT2D eigenvalue weighted by atomic mass is 9.88. The van der Waals surface area contributed by atoms with Crippen molar-refractivity contribution in [3.05, 3.63) is 58.4 Å². The summed E-state index contributed by atoms with van der Waals surface area (Å²) in [5.74, 6) is -0.711. The van der Waals surface area contributed by atoms with Crippen molar-refractivity contribution in [2.45, 2.75) is 59.0 Å². The zero-order valence-electron chi connectivity index (χ0n) is 16.5. The van der Waals surface area contributed by atoms with Crippen molar-refractivity contribution in [1.29, 1.82) is 0 Å². The van der Waals surface area contributed by atoms with E-state index in [4.69, 9.17) is 4.74 Å². The predicted molar refractivity (Wildman–Crippen MR) is 105 cm³/mol. The molecule has 0 unspecified atom stereocenters. The van der Waals surface area contributed by atoms with Gasteiger partial charge >= 0.3 is 5.97 Å². The third kappa shape index (κ3) is 4.07. The van der Waals surface area contributed by atoms with Crippen LogP contribution in [0.4, 0.5) is 0 Å². The van der Waals surface area contributed by atoms with Crippen LogP contribution in [0.5, 0.6) is 0 Å². The van der Waals surface area contributed by atoms with Gasteiger partial charge in [-0.1, -0.05) is 24.3 Å². The maximum absolute atomic E-state index is 12.4. The molecule has 1 aromatic carbocycles. The Hall–Kier alpha value is -2.56. The van der Waals surface area contributed by atoms with Crippen LogP contribution in [0.3, 0.4) is 0 Å². The molecule has 1 amide bonds. The van der Waals surface area contributed by atoms with E-state index in [0.717, 1.165) is 30.7 Å². The average Bonchev–Trinajstić information content (AvgIpc) is 2.94. The molecule has 2 aromatic rings. The molecule has 144 valence electrons. The van der Waals surface area contributed by atoms with Crippen molar-refractivity contribution >= 4 is 11.9 Å². The van der Waals surface area contributed by atoms with Gasteiger partial charge in [0.25, 0.3) is 5.91 Å². The van der Waals surface area contributed by atoms with Crippen LogP contribution in [0.15, 0.2) is 30.3 Å². The van der Waals surface area contributed by atoms with Crippen molar-refractivity contribution in [2.24, 2.45) is 0 Å². The zero-order chi connectivity index (χ0) is 19.6. The molecule has 0 saturated carbocycles. The van der Waals surface area contributed by atoms with Crippen LogP contribution in [0, 0.1) is 13.8 Å². The summed E-state index contributed by atoms with van der Waals surface area (Å²) in [7, 11) is 0. The third-order valence-corrected chi connectivity index (χ3v) is 5.26. The summed E-state index contributed by atoms with van der Waals surface area (Å²) in [6.45, 7) is 7.76. The number of benzene rings is 1. The first kappa shape index (κ1) is 19.2. The van der Waals surface area contributed by atoms with Crippen molar-refractivity contribution in [1.82, 2.24) is 9.88 Å². The summed E-state index contributed by atoms with van der Waals surface area (Å²) in [4.78, 5) is 24.8. The van der Waals surface area contributed by atoms with Crippen molar-refractivity contribution < 1.29 is 14.3 Å². The van der Waals surface area contributed by atoms with Crippen LogP contribution in [0.2, 0.25) is 0 Å². The van der Waals surface area contributed by atoms with Gasteiger partial charge in [0.1, 0.15) is 0 Å². The monoisotopic (exact) mass is 368 g/mol. The van der Waals surface area contributed by atoms with Crippen molar-refractivity contribution in [3.8, 4) is 0 Å². The molecule has 3 rings (SSSR count). The van der Waals surface area contributed by atoms with E-state index in [1.807, 2.05) is 32.0 Å². The Morgan fingerprint density at radius 2 is 2.00 bits per heavy atom. The molecule has 1 aliphatic carbocycles. The average molecular weight is 368 g/mol. The molecule has 1 heterocycles. The van der Waals surface area contributed by atoms with E-state index in [-0.39, 0.29) is 24.6 Å². The second kappa shape index (κ2) is 7.99. The molecule has 1 aromatic heterocycles. The Labute approximate surface area is 160 Å². The van der Waals surface area contributed by atoms with Gasteiger partial charge in [-0.3, -0.25) is 4.79 Å². The number of nitrogens with zero attached hydrogens (tertiary/aromatic N) is 1. The number of aryl methyl sites for hydroxylation is 2. The number of carbonyl (C=O) groups is 2. The molecule has 5 heteroatoms. The van der Waals surface area contributed by atoms with Gasteiger partial charge in [-0.05, 0) is 64.2 Å². The lowest BCUT2D eigenvalue weighted by molar-refractivity contribution is -0.125. The van der Waals surface area contributed by atoms with Gasteiger partial charge in [0.05, 0.1) is 11.6 Å². The number of fused-ring (bicyclic) bond motifs is 1. The summed E-state index contributed by atoms with van der Waals surface area (Å²) in [5, 5.41) is 3.01. The smallest absolute Gasteiger partial charge is 0.340 e. The summed E-state index contributed by atoms with van der Waals surface area (Å²) >= 11 is 0. The van der Waals surface area contributed by atoms with Gasteiger partial charge in [-0.2, -0.15) is 0 Å². The SMILES string of the molecule is Cc1cc(C(=O)OCC(=O)N[C@@H]2CCCc3ccccc32)c(C)n1C(C)C. The molecule has 1 aliphatic rings. The number of nitrogens with one attached hydrogen (secondary N) is 1. The van der Waals surface area contributed by atoms with Crippen LogP contribution in [-0.2, 0) is 16.0 Å². The minimum absolute atomic E-state index is 0.00726.